The molecule has 0 aliphatic rings. The first-order valence-corrected chi connectivity index (χ1v) is 8.18. The van der Waals surface area contributed by atoms with Gasteiger partial charge in [-0.3, -0.25) is 0 Å². The maximum Gasteiger partial charge on any atom is 0.343 e. The minimum atomic E-state index is -0.380. The number of hydrogen-bond donors (Lipinski definition) is 1. The summed E-state index contributed by atoms with van der Waals surface area (Å²) in [7, 11) is 5.67. The van der Waals surface area contributed by atoms with Crippen LogP contribution in [-0.4, -0.2) is 43.6 Å². The molecule has 0 aliphatic carbocycles. The maximum absolute atomic E-state index is 12.5. The van der Waals surface area contributed by atoms with Gasteiger partial charge in [0.25, 0.3) is 0 Å². The fourth-order valence-corrected chi connectivity index (χ4v) is 2.73. The quantitative estimate of drug-likeness (QED) is 0.552. The summed E-state index contributed by atoms with van der Waals surface area (Å²) < 4.78 is 10.8. The van der Waals surface area contributed by atoms with E-state index in [2.05, 4.69) is 9.88 Å². The summed E-state index contributed by atoms with van der Waals surface area (Å²) in [6, 6.07) is 12.6. The molecule has 130 valence electrons. The van der Waals surface area contributed by atoms with Crippen LogP contribution in [0.4, 0.5) is 0 Å². The molecule has 0 unspecified atom stereocenters. The molecule has 3 aromatic rings. The molecular weight excluding hydrogens is 316 g/mol. The summed E-state index contributed by atoms with van der Waals surface area (Å²) >= 11 is 0. The molecule has 5 nitrogen and oxygen atoms in total. The van der Waals surface area contributed by atoms with Crippen molar-refractivity contribution in [2.24, 2.45) is 0 Å². The Bertz CT molecular complexity index is 866. The second-order valence-corrected chi connectivity index (χ2v) is 6.16. The van der Waals surface area contributed by atoms with Gasteiger partial charge >= 0.3 is 5.97 Å². The van der Waals surface area contributed by atoms with Gasteiger partial charge in [-0.15, -0.1) is 0 Å². The molecule has 0 amide bonds. The van der Waals surface area contributed by atoms with Crippen molar-refractivity contribution in [3.05, 3.63) is 59.8 Å². The average molecular weight is 338 g/mol. The number of likely N-dealkylation sites (N-methyl/N-ethyl adjacent to an activating group) is 1. The molecule has 0 aliphatic heterocycles. The Morgan fingerprint density at radius 2 is 1.88 bits per heavy atom. The molecule has 1 N–H and O–H groups in total. The number of aromatic amines is 1. The van der Waals surface area contributed by atoms with Gasteiger partial charge in [0.05, 0.1) is 12.7 Å². The Morgan fingerprint density at radius 1 is 1.12 bits per heavy atom. The molecular formula is C20H22N2O3. The molecule has 0 atom stereocenters. The molecule has 2 aromatic carbocycles. The van der Waals surface area contributed by atoms with Crippen LogP contribution in [0.25, 0.3) is 10.9 Å². The van der Waals surface area contributed by atoms with Gasteiger partial charge in [-0.05, 0) is 62.5 Å². The SMILES string of the molecule is COc1ccc(C(=O)Oc2cccc3[nH]cc(CCN(C)C)c23)cc1. The number of ether oxygens (including phenoxy) is 2. The van der Waals surface area contributed by atoms with E-state index in [0.717, 1.165) is 29.4 Å². The summed E-state index contributed by atoms with van der Waals surface area (Å²) in [6.07, 6.45) is 2.86. The Kier molecular flexibility index (Phi) is 5.05. The summed E-state index contributed by atoms with van der Waals surface area (Å²) in [5, 5.41) is 0.964. The van der Waals surface area contributed by atoms with Crippen LogP contribution >= 0.6 is 0 Å². The number of carbonyl (C=O) groups is 1. The van der Waals surface area contributed by atoms with E-state index in [4.69, 9.17) is 9.47 Å². The predicted octanol–water partition coefficient (Wildman–Crippen LogP) is 3.50. The molecule has 0 radical (unpaired) electrons. The third-order valence-electron chi connectivity index (χ3n) is 4.11. The number of H-pyrrole nitrogens is 1. The van der Waals surface area contributed by atoms with Gasteiger partial charge in [-0.25, -0.2) is 4.79 Å². The zero-order valence-corrected chi connectivity index (χ0v) is 14.7. The number of methoxy groups -OCH3 is 1. The number of nitrogens with one attached hydrogen (secondary N) is 1. The van der Waals surface area contributed by atoms with Gasteiger partial charge in [0.1, 0.15) is 11.5 Å². The first-order valence-electron chi connectivity index (χ1n) is 8.18. The zero-order valence-electron chi connectivity index (χ0n) is 14.7. The average Bonchev–Trinajstić information content (AvgIpc) is 3.04. The van der Waals surface area contributed by atoms with Crippen LogP contribution in [0.2, 0.25) is 0 Å². The lowest BCUT2D eigenvalue weighted by Crippen LogP contribution is -2.15. The van der Waals surface area contributed by atoms with Crippen LogP contribution in [0.3, 0.4) is 0 Å². The van der Waals surface area contributed by atoms with Crippen molar-refractivity contribution in [1.29, 1.82) is 0 Å². The first kappa shape index (κ1) is 17.0. The second kappa shape index (κ2) is 7.40. The van der Waals surface area contributed by atoms with Crippen molar-refractivity contribution in [3.63, 3.8) is 0 Å². The molecule has 0 fully saturated rings. The molecule has 0 saturated carbocycles. The molecule has 0 saturated heterocycles. The van der Waals surface area contributed by atoms with Crippen molar-refractivity contribution < 1.29 is 14.3 Å². The molecule has 1 heterocycles. The van der Waals surface area contributed by atoms with Crippen molar-refractivity contribution in [2.75, 3.05) is 27.7 Å². The minimum Gasteiger partial charge on any atom is -0.497 e. The normalized spacial score (nSPS) is 11.0. The number of nitrogens with zero attached hydrogens (tertiary/aromatic N) is 1. The number of aromatic nitrogens is 1. The third-order valence-corrected chi connectivity index (χ3v) is 4.11. The van der Waals surface area contributed by atoms with Crippen LogP contribution < -0.4 is 9.47 Å². The lowest BCUT2D eigenvalue weighted by molar-refractivity contribution is 0.0737. The highest BCUT2D eigenvalue weighted by atomic mass is 16.5. The Balaban J connectivity index is 1.86. The number of rotatable bonds is 6. The molecule has 25 heavy (non-hydrogen) atoms. The van der Waals surface area contributed by atoms with E-state index in [1.54, 1.807) is 31.4 Å². The van der Waals surface area contributed by atoms with Crippen molar-refractivity contribution >= 4 is 16.9 Å². The topological polar surface area (TPSA) is 54.6 Å². The summed E-state index contributed by atoms with van der Waals surface area (Å²) in [6.45, 7) is 0.924. The number of fused-ring (bicyclic) bond motifs is 1. The van der Waals surface area contributed by atoms with E-state index in [1.807, 2.05) is 38.5 Å². The summed E-state index contributed by atoms with van der Waals surface area (Å²) in [5.41, 5.74) is 2.60. The van der Waals surface area contributed by atoms with Gasteiger partial charge in [-0.1, -0.05) is 6.07 Å². The van der Waals surface area contributed by atoms with E-state index in [1.165, 1.54) is 0 Å². The Morgan fingerprint density at radius 3 is 2.56 bits per heavy atom. The first-order chi connectivity index (χ1) is 12.1. The lowest BCUT2D eigenvalue weighted by Gasteiger charge is -2.10. The van der Waals surface area contributed by atoms with Crippen molar-refractivity contribution in [2.45, 2.75) is 6.42 Å². The number of esters is 1. The van der Waals surface area contributed by atoms with Gasteiger partial charge < -0.3 is 19.4 Å². The van der Waals surface area contributed by atoms with Crippen molar-refractivity contribution in [3.8, 4) is 11.5 Å². The zero-order chi connectivity index (χ0) is 17.8. The second-order valence-electron chi connectivity index (χ2n) is 6.16. The van der Waals surface area contributed by atoms with Crippen LogP contribution in [0, 0.1) is 0 Å². The third kappa shape index (κ3) is 3.83. The highest BCUT2D eigenvalue weighted by Crippen LogP contribution is 2.30. The predicted molar refractivity (Wildman–Crippen MR) is 98.5 cm³/mol. The Labute approximate surface area is 147 Å². The van der Waals surface area contributed by atoms with E-state index >= 15 is 0 Å². The number of hydrogen-bond acceptors (Lipinski definition) is 4. The standard InChI is InChI=1S/C20H22N2O3/c1-22(2)12-11-15-13-21-17-5-4-6-18(19(15)17)25-20(23)14-7-9-16(24-3)10-8-14/h4-10,13,21H,11-12H2,1-3H3. The lowest BCUT2D eigenvalue weighted by atomic mass is 10.1. The highest BCUT2D eigenvalue weighted by Gasteiger charge is 2.14. The summed E-state index contributed by atoms with van der Waals surface area (Å²) in [5.74, 6) is 0.901. The molecule has 1 aromatic heterocycles. The van der Waals surface area contributed by atoms with Gasteiger partial charge in [0.15, 0.2) is 0 Å². The summed E-state index contributed by atoms with van der Waals surface area (Å²) in [4.78, 5) is 17.9. The fraction of sp³-hybridized carbons (Fsp3) is 0.250. The van der Waals surface area contributed by atoms with E-state index in [-0.39, 0.29) is 5.97 Å². The maximum atomic E-state index is 12.5. The molecule has 3 rings (SSSR count). The smallest absolute Gasteiger partial charge is 0.343 e. The molecule has 5 heteroatoms. The fourth-order valence-electron chi connectivity index (χ4n) is 2.73. The van der Waals surface area contributed by atoms with Crippen LogP contribution in [-0.2, 0) is 6.42 Å². The largest absolute Gasteiger partial charge is 0.497 e. The monoisotopic (exact) mass is 338 g/mol. The van der Waals surface area contributed by atoms with E-state index in [9.17, 15) is 4.79 Å². The number of carbonyl (C=O) groups excluding carboxylic acids is 1. The minimum absolute atomic E-state index is 0.380. The highest BCUT2D eigenvalue weighted by molar-refractivity contribution is 5.96. The van der Waals surface area contributed by atoms with Gasteiger partial charge in [0.2, 0.25) is 0 Å². The van der Waals surface area contributed by atoms with Gasteiger partial charge in [0, 0.05) is 23.6 Å². The molecule has 0 bridgehead atoms. The van der Waals surface area contributed by atoms with Crippen LogP contribution in [0.1, 0.15) is 15.9 Å². The number of benzene rings is 2. The van der Waals surface area contributed by atoms with E-state index in [0.29, 0.717) is 17.1 Å². The Hall–Kier alpha value is -2.79. The molecule has 0 spiro atoms. The van der Waals surface area contributed by atoms with Gasteiger partial charge in [-0.2, -0.15) is 0 Å². The van der Waals surface area contributed by atoms with E-state index < -0.39 is 0 Å². The van der Waals surface area contributed by atoms with Crippen LogP contribution in [0.5, 0.6) is 11.5 Å². The van der Waals surface area contributed by atoms with Crippen molar-refractivity contribution in [1.82, 2.24) is 9.88 Å². The van der Waals surface area contributed by atoms with Crippen LogP contribution in [0.15, 0.2) is 48.7 Å².